The van der Waals surface area contributed by atoms with Gasteiger partial charge in [0.1, 0.15) is 18.2 Å². The van der Waals surface area contributed by atoms with E-state index in [0.29, 0.717) is 53.5 Å². The number of methoxy groups -OCH3 is 1. The van der Waals surface area contributed by atoms with Crippen molar-refractivity contribution in [2.75, 3.05) is 50.9 Å². The van der Waals surface area contributed by atoms with Crippen molar-refractivity contribution in [3.63, 3.8) is 0 Å². The van der Waals surface area contributed by atoms with Crippen LogP contribution in [0, 0.1) is 11.6 Å². The Kier molecular flexibility index (Phi) is 10.1. The predicted molar refractivity (Wildman–Crippen MR) is 163 cm³/mol. The predicted octanol–water partition coefficient (Wildman–Crippen LogP) is 5.16. The molecule has 4 aromatic rings. The largest absolute Gasteiger partial charge is 0.493 e. The Morgan fingerprint density at radius 1 is 1.02 bits per heavy atom. The summed E-state index contributed by atoms with van der Waals surface area (Å²) in [6.07, 6.45) is 1.31. The topological polar surface area (TPSA) is 102 Å². The Labute approximate surface area is 258 Å². The van der Waals surface area contributed by atoms with Crippen molar-refractivity contribution in [1.29, 1.82) is 0 Å². The van der Waals surface area contributed by atoms with Crippen LogP contribution in [0.3, 0.4) is 0 Å². The number of rotatable bonds is 10. The van der Waals surface area contributed by atoms with Gasteiger partial charge in [-0.3, -0.25) is 20.0 Å². The first-order chi connectivity index (χ1) is 21.3. The molecule has 2 heterocycles. The molecular formula is C31H30F2N4O6S. The molecule has 1 fully saturated rings. The fraction of sp³-hybridized carbons (Fsp3) is 0.258. The van der Waals surface area contributed by atoms with E-state index in [0.717, 1.165) is 30.0 Å². The zero-order valence-electron chi connectivity index (χ0n) is 23.8. The number of ether oxygens (including phenoxy) is 4. The van der Waals surface area contributed by atoms with Gasteiger partial charge in [0.05, 0.1) is 37.9 Å². The Morgan fingerprint density at radius 2 is 1.84 bits per heavy atom. The number of hydrogen-bond acceptors (Lipinski definition) is 9. The number of urea groups is 1. The highest BCUT2D eigenvalue weighted by Crippen LogP contribution is 2.38. The average molecular weight is 625 g/mol. The normalized spacial score (nSPS) is 13.4. The highest BCUT2D eigenvalue weighted by atomic mass is 32.1. The molecule has 0 radical (unpaired) electrons. The number of thiol groups is 1. The van der Waals surface area contributed by atoms with E-state index < -0.39 is 23.6 Å². The summed E-state index contributed by atoms with van der Waals surface area (Å²) in [7, 11) is 1.53. The molecule has 1 N–H and O–H groups in total. The number of imide groups is 1. The van der Waals surface area contributed by atoms with Crippen LogP contribution in [0.15, 0.2) is 66.9 Å². The molecule has 230 valence electrons. The standard InChI is InChI=1S/C31H30F2N4O6S/c1-40-28-18-23-25(19-29(28)42-14-11-36-9-12-41-13-10-36)34-8-7-26(23)43-27-6-5-22(17-24(27)33)37(44)31(39)35-30(38)16-20-3-2-4-21(32)15-20/h2-8,15,17-19,44H,9-14,16H2,1H3,(H,35,38,39). The molecule has 0 aliphatic carbocycles. The van der Waals surface area contributed by atoms with Crippen molar-refractivity contribution < 1.29 is 37.3 Å². The van der Waals surface area contributed by atoms with Crippen molar-refractivity contribution in [2.45, 2.75) is 6.42 Å². The van der Waals surface area contributed by atoms with Crippen LogP contribution in [-0.2, 0) is 16.0 Å². The summed E-state index contributed by atoms with van der Waals surface area (Å²) >= 11 is 4.11. The number of nitrogens with one attached hydrogen (secondary N) is 1. The molecule has 3 amide bonds. The first-order valence-electron chi connectivity index (χ1n) is 13.7. The first-order valence-corrected chi connectivity index (χ1v) is 14.1. The van der Waals surface area contributed by atoms with Crippen LogP contribution in [0.2, 0.25) is 0 Å². The molecule has 1 aliphatic rings. The maximum Gasteiger partial charge on any atom is 0.338 e. The second-order valence-corrected chi connectivity index (χ2v) is 10.2. The zero-order chi connectivity index (χ0) is 31.1. The van der Waals surface area contributed by atoms with Gasteiger partial charge < -0.3 is 18.9 Å². The number of carbonyl (C=O) groups is 2. The monoisotopic (exact) mass is 624 g/mol. The molecular weight excluding hydrogens is 594 g/mol. The number of amides is 3. The molecule has 1 aromatic heterocycles. The Morgan fingerprint density at radius 3 is 2.59 bits per heavy atom. The van der Waals surface area contributed by atoms with Crippen LogP contribution >= 0.6 is 12.8 Å². The third kappa shape index (κ3) is 7.73. The van der Waals surface area contributed by atoms with Crippen LogP contribution in [0.25, 0.3) is 10.9 Å². The van der Waals surface area contributed by atoms with Gasteiger partial charge in [0.2, 0.25) is 5.91 Å². The number of halogens is 2. The smallest absolute Gasteiger partial charge is 0.338 e. The number of morpholine rings is 1. The fourth-order valence-corrected chi connectivity index (χ4v) is 4.76. The first kappa shape index (κ1) is 31.0. The molecule has 1 saturated heterocycles. The van der Waals surface area contributed by atoms with E-state index in [-0.39, 0.29) is 17.9 Å². The van der Waals surface area contributed by atoms with Crippen molar-refractivity contribution in [3.8, 4) is 23.0 Å². The average Bonchev–Trinajstić information content (AvgIpc) is 3.02. The quantitative estimate of drug-likeness (QED) is 0.234. The van der Waals surface area contributed by atoms with Crippen LogP contribution in [-0.4, -0.2) is 68.4 Å². The maximum atomic E-state index is 15.2. The summed E-state index contributed by atoms with van der Waals surface area (Å²) in [6.45, 7) is 4.32. The number of carbonyl (C=O) groups excluding carboxylic acids is 2. The number of benzene rings is 3. The summed E-state index contributed by atoms with van der Waals surface area (Å²) in [5, 5.41) is 2.71. The third-order valence-corrected chi connectivity index (χ3v) is 7.24. The van der Waals surface area contributed by atoms with Gasteiger partial charge in [0, 0.05) is 43.4 Å². The highest BCUT2D eigenvalue weighted by Gasteiger charge is 2.19. The van der Waals surface area contributed by atoms with E-state index in [1.54, 1.807) is 24.3 Å². The number of anilines is 1. The minimum absolute atomic E-state index is 0.0503. The number of hydrogen-bond donors (Lipinski definition) is 2. The molecule has 1 aliphatic heterocycles. The van der Waals surface area contributed by atoms with E-state index in [2.05, 4.69) is 28.0 Å². The number of nitrogens with zero attached hydrogens (tertiary/aromatic N) is 3. The summed E-state index contributed by atoms with van der Waals surface area (Å²) in [5.41, 5.74) is 1.000. The van der Waals surface area contributed by atoms with E-state index in [1.807, 2.05) is 0 Å². The lowest BCUT2D eigenvalue weighted by Gasteiger charge is -2.26. The van der Waals surface area contributed by atoms with Gasteiger partial charge in [-0.25, -0.2) is 17.9 Å². The Bertz CT molecular complexity index is 1650. The molecule has 13 heteroatoms. The SMILES string of the molecule is COc1cc2c(Oc3ccc(N(S)C(=O)NC(=O)Cc4cccc(F)c4)cc3F)ccnc2cc1OCCN1CCOCC1. The zero-order valence-corrected chi connectivity index (χ0v) is 24.7. The second kappa shape index (κ2) is 14.3. The van der Waals surface area contributed by atoms with Gasteiger partial charge in [-0.2, -0.15) is 0 Å². The lowest BCUT2D eigenvalue weighted by atomic mass is 10.1. The Balaban J connectivity index is 1.25. The molecule has 0 saturated carbocycles. The maximum absolute atomic E-state index is 15.2. The van der Waals surface area contributed by atoms with Crippen molar-refractivity contribution in [3.05, 3.63) is 84.1 Å². The van der Waals surface area contributed by atoms with Gasteiger partial charge >= 0.3 is 6.03 Å². The van der Waals surface area contributed by atoms with Gasteiger partial charge in [0.25, 0.3) is 0 Å². The lowest BCUT2D eigenvalue weighted by molar-refractivity contribution is -0.119. The van der Waals surface area contributed by atoms with Gasteiger partial charge in [-0.15, -0.1) is 0 Å². The van der Waals surface area contributed by atoms with Crippen molar-refractivity contribution in [2.24, 2.45) is 0 Å². The minimum Gasteiger partial charge on any atom is -0.493 e. The molecule has 0 bridgehead atoms. The summed E-state index contributed by atoms with van der Waals surface area (Å²) < 4.78 is 52.1. The van der Waals surface area contributed by atoms with E-state index >= 15 is 4.39 Å². The van der Waals surface area contributed by atoms with Crippen LogP contribution in [0.4, 0.5) is 19.3 Å². The number of pyridine rings is 1. The molecule has 44 heavy (non-hydrogen) atoms. The van der Waals surface area contributed by atoms with Crippen molar-refractivity contribution >= 4 is 41.3 Å². The Hall–Kier alpha value is -4.46. The van der Waals surface area contributed by atoms with E-state index in [9.17, 15) is 14.0 Å². The minimum atomic E-state index is -0.905. The molecule has 0 spiro atoms. The highest BCUT2D eigenvalue weighted by molar-refractivity contribution is 7.82. The summed E-state index contributed by atoms with van der Waals surface area (Å²) in [4.78, 5) is 31.4. The third-order valence-electron chi connectivity index (χ3n) is 6.83. The lowest BCUT2D eigenvalue weighted by Crippen LogP contribution is -2.39. The second-order valence-electron chi connectivity index (χ2n) is 9.82. The van der Waals surface area contributed by atoms with E-state index in [4.69, 9.17) is 18.9 Å². The number of aromatic nitrogens is 1. The number of fused-ring (bicyclic) bond motifs is 1. The molecule has 3 aromatic carbocycles. The van der Waals surface area contributed by atoms with Gasteiger partial charge in [0.15, 0.2) is 23.1 Å². The molecule has 0 atom stereocenters. The summed E-state index contributed by atoms with van der Waals surface area (Å²) in [6, 6.07) is 13.4. The van der Waals surface area contributed by atoms with Crippen LogP contribution in [0.5, 0.6) is 23.0 Å². The summed E-state index contributed by atoms with van der Waals surface area (Å²) in [5.74, 6) is -0.750. The van der Waals surface area contributed by atoms with Gasteiger partial charge in [-0.1, -0.05) is 24.9 Å². The van der Waals surface area contributed by atoms with Crippen LogP contribution in [0.1, 0.15) is 5.56 Å². The van der Waals surface area contributed by atoms with Crippen molar-refractivity contribution in [1.82, 2.24) is 15.2 Å². The molecule has 10 nitrogen and oxygen atoms in total. The fourth-order valence-electron chi connectivity index (χ4n) is 4.59. The molecule has 5 rings (SSSR count). The molecule has 0 unspecified atom stereocenters. The van der Waals surface area contributed by atoms with Gasteiger partial charge in [-0.05, 0) is 42.0 Å². The van der Waals surface area contributed by atoms with E-state index in [1.165, 1.54) is 43.6 Å². The van der Waals surface area contributed by atoms with Crippen LogP contribution < -0.4 is 23.8 Å².